The second-order valence-corrected chi connectivity index (χ2v) is 17.3. The second kappa shape index (κ2) is 13.8. The normalized spacial score (nSPS) is 14.3. The molecule has 62 heavy (non-hydrogen) atoms. The fraction of sp³-hybridized carbons (Fsp3) is 0.0175. The topological polar surface area (TPSA) is 41.7 Å². The third-order valence-electron chi connectivity index (χ3n) is 12.6. The molecule has 0 amide bonds. The molecule has 0 saturated heterocycles. The van der Waals surface area contributed by atoms with E-state index in [1.54, 1.807) is 0 Å². The molecule has 1 unspecified atom stereocenters. The monoisotopic (exact) mass is 808 g/mol. The predicted octanol–water partition coefficient (Wildman–Crippen LogP) is 14.8. The average Bonchev–Trinajstić information content (AvgIpc) is 3.87. The van der Waals surface area contributed by atoms with Crippen LogP contribution in [0.2, 0.25) is 0 Å². The lowest BCUT2D eigenvalue weighted by Gasteiger charge is -2.25. The van der Waals surface area contributed by atoms with E-state index in [4.69, 9.17) is 9.98 Å². The van der Waals surface area contributed by atoms with E-state index < -0.39 is 0 Å². The Hall–Kier alpha value is -7.86. The molecular formula is C57H36N4S. The van der Waals surface area contributed by atoms with Crippen LogP contribution in [0.3, 0.4) is 0 Å². The van der Waals surface area contributed by atoms with Crippen molar-refractivity contribution < 1.29 is 0 Å². The zero-order valence-corrected chi connectivity index (χ0v) is 34.3. The highest BCUT2D eigenvalue weighted by Crippen LogP contribution is 2.40. The Morgan fingerprint density at radius 3 is 1.89 bits per heavy atom. The highest BCUT2D eigenvalue weighted by molar-refractivity contribution is 7.25. The Morgan fingerprint density at radius 1 is 0.419 bits per heavy atom. The van der Waals surface area contributed by atoms with Crippen LogP contribution in [0.4, 0.5) is 0 Å². The molecule has 0 fully saturated rings. The number of nitrogens with one attached hydrogen (secondary N) is 1. The molecule has 0 spiro atoms. The van der Waals surface area contributed by atoms with Gasteiger partial charge >= 0.3 is 0 Å². The molecule has 2 aromatic heterocycles. The summed E-state index contributed by atoms with van der Waals surface area (Å²) >= 11 is 1.84. The van der Waals surface area contributed by atoms with Gasteiger partial charge in [-0.25, -0.2) is 9.98 Å². The van der Waals surface area contributed by atoms with Gasteiger partial charge in [-0.1, -0.05) is 140 Å². The van der Waals surface area contributed by atoms with E-state index in [2.05, 4.69) is 216 Å². The van der Waals surface area contributed by atoms with E-state index >= 15 is 0 Å². The van der Waals surface area contributed by atoms with E-state index in [-0.39, 0.29) is 6.17 Å². The smallest absolute Gasteiger partial charge is 0.160 e. The Labute approximate surface area is 361 Å². The van der Waals surface area contributed by atoms with E-state index in [0.29, 0.717) is 5.84 Å². The molecule has 3 heterocycles. The Kier molecular flexibility index (Phi) is 7.81. The average molecular weight is 809 g/mol. The minimum atomic E-state index is -0.366. The second-order valence-electron chi connectivity index (χ2n) is 16.2. The van der Waals surface area contributed by atoms with Crippen molar-refractivity contribution in [2.45, 2.75) is 6.17 Å². The van der Waals surface area contributed by atoms with Crippen LogP contribution >= 0.6 is 11.3 Å². The first kappa shape index (κ1) is 34.9. The maximum Gasteiger partial charge on any atom is 0.160 e. The molecule has 1 N–H and O–H groups in total. The molecule has 290 valence electrons. The van der Waals surface area contributed by atoms with Gasteiger partial charge in [-0.2, -0.15) is 0 Å². The number of amidine groups is 2. The molecule has 10 aromatic carbocycles. The van der Waals surface area contributed by atoms with E-state index in [9.17, 15) is 0 Å². The van der Waals surface area contributed by atoms with Gasteiger partial charge in [-0.3, -0.25) is 0 Å². The summed E-state index contributed by atoms with van der Waals surface area (Å²) < 4.78 is 4.99. The van der Waals surface area contributed by atoms with Crippen molar-refractivity contribution in [3.8, 4) is 16.8 Å². The van der Waals surface area contributed by atoms with Crippen LogP contribution in [0.1, 0.15) is 22.9 Å². The zero-order chi connectivity index (χ0) is 40.7. The van der Waals surface area contributed by atoms with Crippen molar-refractivity contribution in [3.63, 3.8) is 0 Å². The molecule has 1 atom stereocenters. The molecule has 1 aliphatic heterocycles. The van der Waals surface area contributed by atoms with Crippen LogP contribution in [0.25, 0.3) is 91.1 Å². The third kappa shape index (κ3) is 5.67. The minimum absolute atomic E-state index is 0.366. The number of thiophene rings is 1. The van der Waals surface area contributed by atoms with Crippen molar-refractivity contribution >= 4 is 97.3 Å². The summed E-state index contributed by atoms with van der Waals surface area (Å²) in [5.74, 6) is 1.48. The third-order valence-corrected chi connectivity index (χ3v) is 13.7. The molecular weight excluding hydrogens is 773 g/mol. The molecule has 1 aliphatic rings. The quantitative estimate of drug-likeness (QED) is 0.185. The number of rotatable bonds is 5. The standard InChI is InChI=1S/C57H36N4S/c1-3-13-37-29-42(23-21-35(37)11-1)55-58-56(43-24-22-36-12-2-4-14-38(36)30-43)60-57(59-55)47-27-26-44(34-48(47)41-25-28-54-50(32-41)46-18-8-10-20-53(46)62-54)61-51-19-9-7-17-45(51)49-31-39-15-5-6-16-40(39)33-52(49)61/h1-34,55H,(H,58,59,60). The highest BCUT2D eigenvalue weighted by atomic mass is 32.1. The summed E-state index contributed by atoms with van der Waals surface area (Å²) in [5.41, 5.74) is 8.70. The van der Waals surface area contributed by atoms with Gasteiger partial charge in [-0.15, -0.1) is 11.3 Å². The van der Waals surface area contributed by atoms with Crippen LogP contribution in [0.15, 0.2) is 216 Å². The molecule has 13 rings (SSSR count). The lowest BCUT2D eigenvalue weighted by molar-refractivity contribution is 0.675. The predicted molar refractivity (Wildman–Crippen MR) is 263 cm³/mol. The van der Waals surface area contributed by atoms with Crippen molar-refractivity contribution in [1.82, 2.24) is 9.88 Å². The first-order valence-corrected chi connectivity index (χ1v) is 21.9. The highest BCUT2D eigenvalue weighted by Gasteiger charge is 2.25. The van der Waals surface area contributed by atoms with Gasteiger partial charge in [0, 0.05) is 47.8 Å². The van der Waals surface area contributed by atoms with Gasteiger partial charge < -0.3 is 9.88 Å². The van der Waals surface area contributed by atoms with Crippen molar-refractivity contribution in [2.24, 2.45) is 9.98 Å². The molecule has 0 aliphatic carbocycles. The van der Waals surface area contributed by atoms with Crippen molar-refractivity contribution in [2.75, 3.05) is 0 Å². The minimum Gasteiger partial charge on any atom is -0.344 e. The summed E-state index contributed by atoms with van der Waals surface area (Å²) in [6, 6.07) is 74.8. The van der Waals surface area contributed by atoms with Crippen LogP contribution in [-0.4, -0.2) is 16.2 Å². The number of hydrogen-bond acceptors (Lipinski definition) is 4. The van der Waals surface area contributed by atoms with E-state index in [0.717, 1.165) is 39.3 Å². The lowest BCUT2D eigenvalue weighted by atomic mass is 9.96. The largest absolute Gasteiger partial charge is 0.344 e. The van der Waals surface area contributed by atoms with Gasteiger partial charge in [0.05, 0.1) is 11.0 Å². The fourth-order valence-corrected chi connectivity index (χ4v) is 10.6. The SMILES string of the molecule is c1ccc2cc(C3=NC(c4ccc(-n5c6ccccc6c6cc7ccccc7cc65)cc4-c4ccc5sc6ccccc6c5c4)=NC(c4ccc5ccccc5c4)N3)ccc2c1. The Bertz CT molecular complexity index is 3870. The van der Waals surface area contributed by atoms with E-state index in [1.165, 1.54) is 74.3 Å². The Balaban J connectivity index is 1.06. The molecule has 5 heteroatoms. The number of para-hydroxylation sites is 1. The van der Waals surface area contributed by atoms with Gasteiger partial charge in [0.1, 0.15) is 12.0 Å². The van der Waals surface area contributed by atoms with Crippen LogP contribution in [0, 0.1) is 0 Å². The van der Waals surface area contributed by atoms with Gasteiger partial charge in [0.25, 0.3) is 0 Å². The summed E-state index contributed by atoms with van der Waals surface area (Å²) in [6.45, 7) is 0. The number of fused-ring (bicyclic) bond motifs is 9. The molecule has 0 radical (unpaired) electrons. The molecule has 4 nitrogen and oxygen atoms in total. The lowest BCUT2D eigenvalue weighted by Crippen LogP contribution is -2.33. The van der Waals surface area contributed by atoms with Crippen LogP contribution < -0.4 is 5.32 Å². The molecule has 0 saturated carbocycles. The van der Waals surface area contributed by atoms with E-state index in [1.807, 2.05) is 11.3 Å². The first-order chi connectivity index (χ1) is 30.7. The maximum atomic E-state index is 5.50. The summed E-state index contributed by atoms with van der Waals surface area (Å²) in [7, 11) is 0. The maximum absolute atomic E-state index is 5.50. The zero-order valence-electron chi connectivity index (χ0n) is 33.5. The van der Waals surface area contributed by atoms with Gasteiger partial charge in [0.2, 0.25) is 0 Å². The summed E-state index contributed by atoms with van der Waals surface area (Å²) in [6.07, 6.45) is -0.366. The number of nitrogens with zero attached hydrogens (tertiary/aromatic N) is 3. The molecule has 12 aromatic rings. The summed E-state index contributed by atoms with van der Waals surface area (Å²) in [5, 5.41) is 16.0. The van der Waals surface area contributed by atoms with Crippen LogP contribution in [-0.2, 0) is 0 Å². The Morgan fingerprint density at radius 2 is 1.06 bits per heavy atom. The number of aliphatic imine (C=N–C) groups is 2. The van der Waals surface area contributed by atoms with Crippen LogP contribution in [0.5, 0.6) is 0 Å². The number of aromatic nitrogens is 1. The summed E-state index contributed by atoms with van der Waals surface area (Å²) in [4.78, 5) is 10.9. The first-order valence-electron chi connectivity index (χ1n) is 21.1. The van der Waals surface area contributed by atoms with Gasteiger partial charge in [0.15, 0.2) is 5.84 Å². The van der Waals surface area contributed by atoms with Gasteiger partial charge in [-0.05, 0) is 116 Å². The molecule has 0 bridgehead atoms. The van der Waals surface area contributed by atoms with Crippen molar-refractivity contribution in [1.29, 1.82) is 0 Å². The number of benzene rings is 10. The fourth-order valence-electron chi connectivity index (χ4n) is 9.53. The number of hydrogen-bond donors (Lipinski definition) is 1. The van der Waals surface area contributed by atoms with Crippen molar-refractivity contribution in [3.05, 3.63) is 223 Å².